The Bertz CT molecular complexity index is 511. The van der Waals surface area contributed by atoms with Crippen LogP contribution in [0.4, 0.5) is 5.69 Å². The van der Waals surface area contributed by atoms with Gasteiger partial charge in [-0.15, -0.1) is 0 Å². The number of carbonyl (C=O) groups is 1. The summed E-state index contributed by atoms with van der Waals surface area (Å²) in [5.74, 6) is 1.60. The SMILES string of the molecule is CC(=O)C1C(C(C)C)C2c3ccccc3NC2N1C. The molecule has 3 heteroatoms. The van der Waals surface area contributed by atoms with Crippen LogP contribution in [0.3, 0.4) is 0 Å². The lowest BCUT2D eigenvalue weighted by Gasteiger charge is -2.28. The molecular formula is C16H22N2O. The molecule has 0 aliphatic carbocycles. The number of rotatable bonds is 2. The van der Waals surface area contributed by atoms with Gasteiger partial charge in [0.25, 0.3) is 0 Å². The molecule has 4 atom stereocenters. The number of likely N-dealkylation sites (tertiary alicyclic amines) is 1. The third kappa shape index (κ3) is 1.71. The molecule has 1 saturated heterocycles. The largest absolute Gasteiger partial charge is 0.369 e. The fraction of sp³-hybridized carbons (Fsp3) is 0.562. The van der Waals surface area contributed by atoms with Crippen LogP contribution in [0, 0.1) is 11.8 Å². The molecule has 3 nitrogen and oxygen atoms in total. The molecule has 4 unspecified atom stereocenters. The molecule has 0 saturated carbocycles. The first-order valence-corrected chi connectivity index (χ1v) is 7.10. The van der Waals surface area contributed by atoms with Gasteiger partial charge in [-0.25, -0.2) is 0 Å². The molecular weight excluding hydrogens is 236 g/mol. The maximum atomic E-state index is 12.0. The van der Waals surface area contributed by atoms with Crippen LogP contribution in [-0.4, -0.2) is 29.9 Å². The number of hydrogen-bond donors (Lipinski definition) is 1. The summed E-state index contributed by atoms with van der Waals surface area (Å²) < 4.78 is 0. The van der Waals surface area contributed by atoms with Crippen LogP contribution >= 0.6 is 0 Å². The highest BCUT2D eigenvalue weighted by molar-refractivity contribution is 5.83. The Morgan fingerprint density at radius 1 is 1.32 bits per heavy atom. The number of carbonyl (C=O) groups excluding carboxylic acids is 1. The van der Waals surface area contributed by atoms with Gasteiger partial charge >= 0.3 is 0 Å². The summed E-state index contributed by atoms with van der Waals surface area (Å²) in [6.45, 7) is 6.19. The number of benzene rings is 1. The maximum absolute atomic E-state index is 12.0. The third-order valence-electron chi connectivity index (χ3n) is 4.81. The molecule has 0 bridgehead atoms. The number of likely N-dealkylation sites (N-methyl/N-ethyl adjacent to an activating group) is 1. The molecule has 102 valence electrons. The van der Waals surface area contributed by atoms with Crippen LogP contribution in [-0.2, 0) is 4.79 Å². The lowest BCUT2D eigenvalue weighted by molar-refractivity contribution is -0.122. The Labute approximate surface area is 115 Å². The van der Waals surface area contributed by atoms with Gasteiger partial charge in [-0.05, 0) is 37.4 Å². The minimum Gasteiger partial charge on any atom is -0.369 e. The molecule has 0 radical (unpaired) electrons. The van der Waals surface area contributed by atoms with Crippen molar-refractivity contribution in [1.29, 1.82) is 0 Å². The van der Waals surface area contributed by atoms with Gasteiger partial charge in [-0.1, -0.05) is 32.0 Å². The van der Waals surface area contributed by atoms with Crippen molar-refractivity contribution >= 4 is 11.5 Å². The van der Waals surface area contributed by atoms with Crippen molar-refractivity contribution < 1.29 is 4.79 Å². The average molecular weight is 258 g/mol. The monoisotopic (exact) mass is 258 g/mol. The fourth-order valence-electron chi connectivity index (χ4n) is 4.09. The predicted molar refractivity (Wildman–Crippen MR) is 77.2 cm³/mol. The van der Waals surface area contributed by atoms with E-state index in [0.717, 1.165) is 0 Å². The Kier molecular flexibility index (Phi) is 2.90. The van der Waals surface area contributed by atoms with Gasteiger partial charge in [-0.3, -0.25) is 9.69 Å². The number of nitrogens with one attached hydrogen (secondary N) is 1. The number of anilines is 1. The van der Waals surface area contributed by atoms with E-state index >= 15 is 0 Å². The van der Waals surface area contributed by atoms with E-state index in [1.807, 2.05) is 0 Å². The van der Waals surface area contributed by atoms with E-state index in [1.54, 1.807) is 6.92 Å². The van der Waals surface area contributed by atoms with Crippen molar-refractivity contribution in [3.8, 4) is 0 Å². The lowest BCUT2D eigenvalue weighted by atomic mass is 9.77. The lowest BCUT2D eigenvalue weighted by Crippen LogP contribution is -2.42. The van der Waals surface area contributed by atoms with E-state index in [1.165, 1.54) is 11.3 Å². The summed E-state index contributed by atoms with van der Waals surface area (Å²) in [5, 5.41) is 3.59. The van der Waals surface area contributed by atoms with Crippen LogP contribution in [0.1, 0.15) is 32.3 Å². The first-order chi connectivity index (χ1) is 9.02. The summed E-state index contributed by atoms with van der Waals surface area (Å²) in [6, 6.07) is 8.55. The highest BCUT2D eigenvalue weighted by Crippen LogP contribution is 2.51. The molecule has 2 aliphatic heterocycles. The van der Waals surface area contributed by atoms with Crippen molar-refractivity contribution in [3.05, 3.63) is 29.8 Å². The predicted octanol–water partition coefficient (Wildman–Crippen LogP) is 2.70. The van der Waals surface area contributed by atoms with Crippen LogP contribution in [0.15, 0.2) is 24.3 Å². The van der Waals surface area contributed by atoms with E-state index in [-0.39, 0.29) is 18.0 Å². The van der Waals surface area contributed by atoms with Crippen LogP contribution < -0.4 is 5.32 Å². The molecule has 3 rings (SSSR count). The quantitative estimate of drug-likeness (QED) is 0.885. The number of ketones is 1. The molecule has 0 aromatic heterocycles. The second kappa shape index (κ2) is 4.34. The molecule has 2 aliphatic rings. The minimum absolute atomic E-state index is 0.0378. The Morgan fingerprint density at radius 2 is 2.00 bits per heavy atom. The van der Waals surface area contributed by atoms with Crippen molar-refractivity contribution in [2.45, 2.75) is 38.9 Å². The zero-order valence-electron chi connectivity index (χ0n) is 12.1. The standard InChI is InChI=1S/C16H22N2O/c1-9(2)13-14-11-7-5-6-8-12(11)17-16(14)18(4)15(13)10(3)19/h5-9,13-17H,1-4H3. The molecule has 0 spiro atoms. The van der Waals surface area contributed by atoms with Crippen LogP contribution in [0.25, 0.3) is 0 Å². The van der Waals surface area contributed by atoms with Gasteiger partial charge in [-0.2, -0.15) is 0 Å². The summed E-state index contributed by atoms with van der Waals surface area (Å²) in [5.41, 5.74) is 2.61. The Hall–Kier alpha value is -1.35. The average Bonchev–Trinajstić information content (AvgIpc) is 2.85. The van der Waals surface area contributed by atoms with E-state index in [9.17, 15) is 4.79 Å². The summed E-state index contributed by atoms with van der Waals surface area (Å²) >= 11 is 0. The summed E-state index contributed by atoms with van der Waals surface area (Å²) in [7, 11) is 2.07. The first kappa shape index (κ1) is 12.7. The van der Waals surface area contributed by atoms with E-state index in [4.69, 9.17) is 0 Å². The summed E-state index contributed by atoms with van der Waals surface area (Å²) in [4.78, 5) is 14.3. The van der Waals surface area contributed by atoms with Crippen LogP contribution in [0.5, 0.6) is 0 Å². The van der Waals surface area contributed by atoms with Gasteiger partial charge in [0.1, 0.15) is 5.78 Å². The molecule has 2 heterocycles. The number of fused-ring (bicyclic) bond motifs is 3. The molecule has 1 aromatic carbocycles. The van der Waals surface area contributed by atoms with E-state index in [0.29, 0.717) is 17.8 Å². The normalized spacial score (nSPS) is 33.1. The fourth-order valence-corrected chi connectivity index (χ4v) is 4.09. The zero-order chi connectivity index (χ0) is 13.7. The van der Waals surface area contributed by atoms with Crippen molar-refractivity contribution in [2.75, 3.05) is 12.4 Å². The second-order valence-corrected chi connectivity index (χ2v) is 6.24. The summed E-state index contributed by atoms with van der Waals surface area (Å²) in [6.07, 6.45) is 0.263. The third-order valence-corrected chi connectivity index (χ3v) is 4.81. The molecule has 0 amide bonds. The second-order valence-electron chi connectivity index (χ2n) is 6.24. The zero-order valence-corrected chi connectivity index (χ0v) is 12.1. The molecule has 1 N–H and O–H groups in total. The highest BCUT2D eigenvalue weighted by atomic mass is 16.1. The first-order valence-electron chi connectivity index (χ1n) is 7.10. The van der Waals surface area contributed by atoms with Crippen molar-refractivity contribution in [1.82, 2.24) is 4.90 Å². The highest BCUT2D eigenvalue weighted by Gasteiger charge is 2.53. The molecule has 1 fully saturated rings. The van der Waals surface area contributed by atoms with Gasteiger partial charge in [0, 0.05) is 11.6 Å². The van der Waals surface area contributed by atoms with Crippen molar-refractivity contribution in [3.63, 3.8) is 0 Å². The topological polar surface area (TPSA) is 32.3 Å². The van der Waals surface area contributed by atoms with Crippen LogP contribution in [0.2, 0.25) is 0 Å². The molecule has 19 heavy (non-hydrogen) atoms. The van der Waals surface area contributed by atoms with Gasteiger partial charge in [0.15, 0.2) is 0 Å². The Morgan fingerprint density at radius 3 is 2.63 bits per heavy atom. The number of Topliss-reactive ketones (excluding diaryl/α,β-unsaturated/α-hetero) is 1. The number of para-hydroxylation sites is 1. The van der Waals surface area contributed by atoms with Gasteiger partial charge in [0.05, 0.1) is 12.2 Å². The van der Waals surface area contributed by atoms with E-state index < -0.39 is 0 Å². The van der Waals surface area contributed by atoms with Crippen molar-refractivity contribution in [2.24, 2.45) is 11.8 Å². The van der Waals surface area contributed by atoms with Gasteiger partial charge in [0.2, 0.25) is 0 Å². The Balaban J connectivity index is 2.07. The smallest absolute Gasteiger partial charge is 0.147 e. The molecule has 1 aromatic rings. The van der Waals surface area contributed by atoms with E-state index in [2.05, 4.69) is 55.4 Å². The minimum atomic E-state index is 0.0378. The van der Waals surface area contributed by atoms with Gasteiger partial charge < -0.3 is 5.32 Å². The number of hydrogen-bond acceptors (Lipinski definition) is 3. The number of nitrogens with zero attached hydrogens (tertiary/aromatic N) is 1. The maximum Gasteiger partial charge on any atom is 0.147 e.